The monoisotopic (exact) mass is 169 g/mol. The highest BCUT2D eigenvalue weighted by molar-refractivity contribution is 4.98. The molecular formula is C10H19NO. The molecule has 0 radical (unpaired) electrons. The molecule has 0 spiro atoms. The summed E-state index contributed by atoms with van der Waals surface area (Å²) in [6.45, 7) is 10.1. The number of nitrogens with zero attached hydrogens (tertiary/aromatic N) is 1. The van der Waals surface area contributed by atoms with E-state index in [0.29, 0.717) is 5.92 Å². The van der Waals surface area contributed by atoms with Crippen LogP contribution in [0.1, 0.15) is 51.7 Å². The fourth-order valence-electron chi connectivity index (χ4n) is 0.807. The maximum Gasteiger partial charge on any atom is 0.191 e. The maximum atomic E-state index is 5.33. The van der Waals surface area contributed by atoms with Gasteiger partial charge < -0.3 is 4.42 Å². The molecule has 2 heteroatoms. The Morgan fingerprint density at radius 3 is 2.42 bits per heavy atom. The fourth-order valence-corrected chi connectivity index (χ4v) is 0.807. The molecule has 1 aromatic heterocycles. The molecule has 0 aliphatic heterocycles. The highest BCUT2D eigenvalue weighted by Gasteiger charge is 2.06. The molecule has 2 nitrogen and oxygen atoms in total. The summed E-state index contributed by atoms with van der Waals surface area (Å²) >= 11 is 0. The van der Waals surface area contributed by atoms with Gasteiger partial charge in [0.2, 0.25) is 0 Å². The standard InChI is InChI=1S/C8H13NO.C2H6/c1-4-6(2)8-5-9-7(3)10-8;1-2/h5-6H,4H2,1-3H3;1-2H3. The van der Waals surface area contributed by atoms with Crippen molar-refractivity contribution in [1.29, 1.82) is 0 Å². The van der Waals surface area contributed by atoms with Crippen molar-refractivity contribution in [3.05, 3.63) is 17.8 Å². The second-order valence-corrected chi connectivity index (χ2v) is 2.59. The van der Waals surface area contributed by atoms with E-state index in [1.54, 1.807) is 0 Å². The number of aryl methyl sites for hydroxylation is 1. The van der Waals surface area contributed by atoms with E-state index in [1.807, 2.05) is 27.0 Å². The van der Waals surface area contributed by atoms with Crippen LogP contribution in [0.5, 0.6) is 0 Å². The lowest BCUT2D eigenvalue weighted by atomic mass is 10.1. The van der Waals surface area contributed by atoms with E-state index in [2.05, 4.69) is 18.8 Å². The summed E-state index contributed by atoms with van der Waals surface area (Å²) in [5.41, 5.74) is 0. The molecule has 70 valence electrons. The number of oxazole rings is 1. The zero-order valence-electron chi connectivity index (χ0n) is 8.72. The summed E-state index contributed by atoms with van der Waals surface area (Å²) in [5.74, 6) is 2.26. The quantitative estimate of drug-likeness (QED) is 0.677. The Labute approximate surface area is 75.0 Å². The first-order valence-corrected chi connectivity index (χ1v) is 4.66. The van der Waals surface area contributed by atoms with Crippen molar-refractivity contribution in [2.45, 2.75) is 47.0 Å². The lowest BCUT2D eigenvalue weighted by Gasteiger charge is -2.00. The average molecular weight is 169 g/mol. The Bertz CT molecular complexity index is 205. The molecule has 0 aliphatic rings. The van der Waals surface area contributed by atoms with Gasteiger partial charge in [0.15, 0.2) is 5.89 Å². The van der Waals surface area contributed by atoms with E-state index in [1.165, 1.54) is 0 Å². The summed E-state index contributed by atoms with van der Waals surface area (Å²) in [5, 5.41) is 0. The molecule has 1 aromatic rings. The zero-order valence-corrected chi connectivity index (χ0v) is 8.72. The van der Waals surface area contributed by atoms with Crippen molar-refractivity contribution in [3.63, 3.8) is 0 Å². The van der Waals surface area contributed by atoms with Crippen LogP contribution in [-0.4, -0.2) is 4.98 Å². The lowest BCUT2D eigenvalue weighted by Crippen LogP contribution is -1.86. The van der Waals surface area contributed by atoms with Gasteiger partial charge in [-0.2, -0.15) is 0 Å². The molecule has 0 bridgehead atoms. The molecule has 0 aromatic carbocycles. The van der Waals surface area contributed by atoms with Crippen molar-refractivity contribution < 1.29 is 4.42 Å². The van der Waals surface area contributed by atoms with Crippen LogP contribution < -0.4 is 0 Å². The van der Waals surface area contributed by atoms with Crippen molar-refractivity contribution in [1.82, 2.24) is 4.98 Å². The molecule has 1 heterocycles. The van der Waals surface area contributed by atoms with E-state index in [4.69, 9.17) is 4.42 Å². The predicted molar refractivity (Wildman–Crippen MR) is 51.3 cm³/mol. The van der Waals surface area contributed by atoms with Gasteiger partial charge >= 0.3 is 0 Å². The Morgan fingerprint density at radius 1 is 1.50 bits per heavy atom. The highest BCUT2D eigenvalue weighted by atomic mass is 16.4. The third kappa shape index (κ3) is 3.07. The van der Waals surface area contributed by atoms with E-state index in [0.717, 1.165) is 18.1 Å². The minimum Gasteiger partial charge on any atom is -0.446 e. The minimum absolute atomic E-state index is 0.501. The van der Waals surface area contributed by atoms with Gasteiger partial charge in [0.05, 0.1) is 6.20 Å². The van der Waals surface area contributed by atoms with Crippen LogP contribution in [0.3, 0.4) is 0 Å². The van der Waals surface area contributed by atoms with E-state index < -0.39 is 0 Å². The first-order valence-electron chi connectivity index (χ1n) is 4.66. The Balaban J connectivity index is 0.000000561. The summed E-state index contributed by atoms with van der Waals surface area (Å²) in [6, 6.07) is 0. The van der Waals surface area contributed by atoms with Gasteiger partial charge in [-0.3, -0.25) is 0 Å². The van der Waals surface area contributed by atoms with Crippen LogP contribution in [0.2, 0.25) is 0 Å². The molecule has 1 unspecified atom stereocenters. The molecule has 0 N–H and O–H groups in total. The van der Waals surface area contributed by atoms with Gasteiger partial charge in [0.1, 0.15) is 5.76 Å². The van der Waals surface area contributed by atoms with Crippen molar-refractivity contribution in [2.75, 3.05) is 0 Å². The Hall–Kier alpha value is -0.790. The fraction of sp³-hybridized carbons (Fsp3) is 0.700. The molecule has 0 saturated heterocycles. The maximum absolute atomic E-state index is 5.33. The molecular weight excluding hydrogens is 150 g/mol. The second kappa shape index (κ2) is 5.81. The summed E-state index contributed by atoms with van der Waals surface area (Å²) in [7, 11) is 0. The number of hydrogen-bond acceptors (Lipinski definition) is 2. The molecule has 0 fully saturated rings. The van der Waals surface area contributed by atoms with Crippen molar-refractivity contribution in [3.8, 4) is 0 Å². The third-order valence-corrected chi connectivity index (χ3v) is 1.74. The van der Waals surface area contributed by atoms with Crippen molar-refractivity contribution in [2.24, 2.45) is 0 Å². The van der Waals surface area contributed by atoms with Gasteiger partial charge in [-0.1, -0.05) is 27.7 Å². The largest absolute Gasteiger partial charge is 0.446 e. The second-order valence-electron chi connectivity index (χ2n) is 2.59. The number of rotatable bonds is 2. The zero-order chi connectivity index (χ0) is 9.56. The van der Waals surface area contributed by atoms with Gasteiger partial charge in [-0.15, -0.1) is 0 Å². The smallest absolute Gasteiger partial charge is 0.191 e. The Kier molecular flexibility index (Phi) is 5.43. The van der Waals surface area contributed by atoms with Crippen LogP contribution in [0, 0.1) is 6.92 Å². The molecule has 0 amide bonds. The van der Waals surface area contributed by atoms with Crippen LogP contribution in [0.4, 0.5) is 0 Å². The molecule has 1 atom stereocenters. The molecule has 0 aliphatic carbocycles. The van der Waals surface area contributed by atoms with Crippen LogP contribution in [-0.2, 0) is 0 Å². The number of hydrogen-bond donors (Lipinski definition) is 0. The van der Waals surface area contributed by atoms with Gasteiger partial charge in [0, 0.05) is 12.8 Å². The topological polar surface area (TPSA) is 26.0 Å². The molecule has 0 saturated carbocycles. The summed E-state index contributed by atoms with van der Waals surface area (Å²) in [6.07, 6.45) is 2.91. The summed E-state index contributed by atoms with van der Waals surface area (Å²) in [4.78, 5) is 4.02. The predicted octanol–water partition coefficient (Wildman–Crippen LogP) is 3.52. The van der Waals surface area contributed by atoms with Crippen molar-refractivity contribution >= 4 is 0 Å². The van der Waals surface area contributed by atoms with Crippen LogP contribution >= 0.6 is 0 Å². The SMILES string of the molecule is CC.CCC(C)c1cnc(C)o1. The number of aromatic nitrogens is 1. The highest BCUT2D eigenvalue weighted by Crippen LogP contribution is 2.18. The lowest BCUT2D eigenvalue weighted by molar-refractivity contribution is 0.443. The van der Waals surface area contributed by atoms with Crippen LogP contribution in [0.15, 0.2) is 10.6 Å². The van der Waals surface area contributed by atoms with Gasteiger partial charge in [0.25, 0.3) is 0 Å². The average Bonchev–Trinajstić information content (AvgIpc) is 2.54. The van der Waals surface area contributed by atoms with E-state index in [-0.39, 0.29) is 0 Å². The van der Waals surface area contributed by atoms with E-state index in [9.17, 15) is 0 Å². The minimum atomic E-state index is 0.501. The van der Waals surface area contributed by atoms with E-state index >= 15 is 0 Å². The van der Waals surface area contributed by atoms with Gasteiger partial charge in [-0.25, -0.2) is 4.98 Å². The molecule has 12 heavy (non-hydrogen) atoms. The molecule has 1 rings (SSSR count). The first kappa shape index (κ1) is 11.2. The van der Waals surface area contributed by atoms with Crippen LogP contribution in [0.25, 0.3) is 0 Å². The van der Waals surface area contributed by atoms with Gasteiger partial charge in [-0.05, 0) is 6.42 Å². The normalized spacial score (nSPS) is 11.8. The third-order valence-electron chi connectivity index (χ3n) is 1.74. The summed E-state index contributed by atoms with van der Waals surface area (Å²) < 4.78 is 5.33. The first-order chi connectivity index (χ1) is 5.74. The Morgan fingerprint density at radius 2 is 2.08 bits per heavy atom.